The number of carboxylic acids is 1. The molecule has 0 atom stereocenters. The molecule has 0 radical (unpaired) electrons. The van der Waals surface area contributed by atoms with Crippen LogP contribution in [-0.4, -0.2) is 25.7 Å². The molecule has 8 nitrogen and oxygen atoms in total. The van der Waals surface area contributed by atoms with Gasteiger partial charge < -0.3 is 9.52 Å². The van der Waals surface area contributed by atoms with Crippen molar-refractivity contribution < 1.29 is 14.3 Å². The number of nitrogens with zero attached hydrogens (tertiary/aromatic N) is 3. The number of benzene rings is 1. The van der Waals surface area contributed by atoms with Gasteiger partial charge in [0, 0.05) is 23.6 Å². The molecule has 0 spiro atoms. The van der Waals surface area contributed by atoms with Gasteiger partial charge in [0.15, 0.2) is 0 Å². The van der Waals surface area contributed by atoms with E-state index in [2.05, 4.69) is 10.1 Å². The molecular formula is C19H14ClN3O5S. The minimum atomic E-state index is -0.833. The molecule has 148 valence electrons. The second-order valence-corrected chi connectivity index (χ2v) is 7.29. The Balaban J connectivity index is 0.000000552. The molecule has 3 heterocycles. The quantitative estimate of drug-likeness (QED) is 0.518. The molecule has 0 saturated carbocycles. The summed E-state index contributed by atoms with van der Waals surface area (Å²) in [5.41, 5.74) is 0.296. The van der Waals surface area contributed by atoms with Crippen LogP contribution in [0, 0.1) is 6.92 Å². The zero-order chi connectivity index (χ0) is 21.1. The number of aryl methyl sites for hydroxylation is 1. The standard InChI is InChI=1S/C17H10ClN3O3S.C2H4O2/c1-9-15(22)19-17-21(20-9)16(23)14(25-17)8-12-6-7-13(24-12)10-2-4-11(18)5-3-10;1-2(3)4/h2-8H,1H3;1H3,(H,3,4). The third-order valence-electron chi connectivity index (χ3n) is 3.57. The first-order chi connectivity index (χ1) is 13.7. The van der Waals surface area contributed by atoms with E-state index in [1.165, 1.54) is 6.92 Å². The van der Waals surface area contributed by atoms with Gasteiger partial charge in [-0.05, 0) is 43.3 Å². The maximum Gasteiger partial charge on any atom is 0.300 e. The van der Waals surface area contributed by atoms with Crippen molar-refractivity contribution in [3.63, 3.8) is 0 Å². The van der Waals surface area contributed by atoms with E-state index in [1.807, 2.05) is 18.2 Å². The largest absolute Gasteiger partial charge is 0.481 e. The van der Waals surface area contributed by atoms with E-state index >= 15 is 0 Å². The zero-order valence-electron chi connectivity index (χ0n) is 15.2. The fraction of sp³-hybridized carbons (Fsp3) is 0.105. The Bertz CT molecular complexity index is 1350. The third kappa shape index (κ3) is 4.76. The zero-order valence-corrected chi connectivity index (χ0v) is 16.8. The van der Waals surface area contributed by atoms with Gasteiger partial charge in [0.05, 0.1) is 0 Å². The molecule has 0 fully saturated rings. The van der Waals surface area contributed by atoms with Crippen LogP contribution in [0.4, 0.5) is 0 Å². The summed E-state index contributed by atoms with van der Waals surface area (Å²) in [4.78, 5) is 37.1. The maximum atomic E-state index is 12.4. The first-order valence-corrected chi connectivity index (χ1v) is 9.41. The van der Waals surface area contributed by atoms with Crippen LogP contribution < -0.4 is 15.7 Å². The SMILES string of the molecule is CC(=O)O.Cc1nn2c(=O)c(=Cc3ccc(-c4ccc(Cl)cc4)o3)sc2nc1=O. The molecule has 29 heavy (non-hydrogen) atoms. The van der Waals surface area contributed by atoms with E-state index in [0.29, 0.717) is 21.1 Å². The normalized spacial score (nSPS) is 11.3. The minimum absolute atomic E-state index is 0.182. The number of hydrogen-bond acceptors (Lipinski definition) is 7. The first-order valence-electron chi connectivity index (χ1n) is 8.22. The Morgan fingerprint density at radius 3 is 2.52 bits per heavy atom. The van der Waals surface area contributed by atoms with Gasteiger partial charge in [-0.15, -0.1) is 0 Å². The fourth-order valence-corrected chi connectivity index (χ4v) is 3.33. The van der Waals surface area contributed by atoms with Gasteiger partial charge in [0.1, 0.15) is 21.7 Å². The minimum Gasteiger partial charge on any atom is -0.481 e. The monoisotopic (exact) mass is 431 g/mol. The van der Waals surface area contributed by atoms with Crippen molar-refractivity contribution in [2.45, 2.75) is 13.8 Å². The maximum absolute atomic E-state index is 12.4. The molecule has 0 aliphatic rings. The lowest BCUT2D eigenvalue weighted by Crippen LogP contribution is -2.27. The lowest BCUT2D eigenvalue weighted by molar-refractivity contribution is -0.134. The number of aromatic nitrogens is 3. The smallest absolute Gasteiger partial charge is 0.300 e. The number of hydrogen-bond donors (Lipinski definition) is 1. The van der Waals surface area contributed by atoms with Crippen molar-refractivity contribution in [2.75, 3.05) is 0 Å². The van der Waals surface area contributed by atoms with E-state index < -0.39 is 11.5 Å². The predicted octanol–water partition coefficient (Wildman–Crippen LogP) is 2.37. The van der Waals surface area contributed by atoms with Crippen molar-refractivity contribution in [3.05, 3.63) is 78.1 Å². The van der Waals surface area contributed by atoms with E-state index in [1.54, 1.807) is 24.3 Å². The van der Waals surface area contributed by atoms with Crippen LogP contribution in [0.25, 0.3) is 22.4 Å². The molecule has 1 N–H and O–H groups in total. The van der Waals surface area contributed by atoms with Gasteiger partial charge in [-0.25, -0.2) is 0 Å². The van der Waals surface area contributed by atoms with Gasteiger partial charge in [-0.2, -0.15) is 14.6 Å². The Labute approximate surface area is 172 Å². The number of thiazole rings is 1. The number of fused-ring (bicyclic) bond motifs is 1. The van der Waals surface area contributed by atoms with Gasteiger partial charge >= 0.3 is 0 Å². The summed E-state index contributed by atoms with van der Waals surface area (Å²) < 4.78 is 7.30. The number of aliphatic carboxylic acids is 1. The van der Waals surface area contributed by atoms with Crippen molar-refractivity contribution in [3.8, 4) is 11.3 Å². The van der Waals surface area contributed by atoms with Crippen LogP contribution >= 0.6 is 22.9 Å². The van der Waals surface area contributed by atoms with Gasteiger partial charge in [-0.3, -0.25) is 14.4 Å². The lowest BCUT2D eigenvalue weighted by Gasteiger charge is -1.96. The Hall–Kier alpha value is -3.30. The van der Waals surface area contributed by atoms with Crippen LogP contribution in [-0.2, 0) is 4.79 Å². The van der Waals surface area contributed by atoms with E-state index in [9.17, 15) is 9.59 Å². The highest BCUT2D eigenvalue weighted by Crippen LogP contribution is 2.24. The first kappa shape index (κ1) is 20.4. The molecule has 10 heteroatoms. The van der Waals surface area contributed by atoms with Gasteiger partial charge in [0.25, 0.3) is 17.1 Å². The summed E-state index contributed by atoms with van der Waals surface area (Å²) in [5.74, 6) is 0.353. The summed E-state index contributed by atoms with van der Waals surface area (Å²) in [6, 6.07) is 10.8. The summed E-state index contributed by atoms with van der Waals surface area (Å²) in [6.45, 7) is 2.60. The molecule has 3 aromatic heterocycles. The van der Waals surface area contributed by atoms with Crippen LogP contribution in [0.2, 0.25) is 5.02 Å². The van der Waals surface area contributed by atoms with Crippen LogP contribution in [0.5, 0.6) is 0 Å². The summed E-state index contributed by atoms with van der Waals surface area (Å²) in [7, 11) is 0. The topological polar surface area (TPSA) is 115 Å². The number of carbonyl (C=O) groups is 1. The fourth-order valence-electron chi connectivity index (χ4n) is 2.32. The molecule has 0 unspecified atom stereocenters. The van der Waals surface area contributed by atoms with Crippen molar-refractivity contribution >= 4 is 39.9 Å². The van der Waals surface area contributed by atoms with E-state index in [-0.39, 0.29) is 16.2 Å². The molecule has 4 rings (SSSR count). The number of furan rings is 1. The molecule has 0 amide bonds. The summed E-state index contributed by atoms with van der Waals surface area (Å²) in [5, 5.41) is 12.0. The third-order valence-corrected chi connectivity index (χ3v) is 4.78. The Kier molecular flexibility index (Phi) is 5.90. The second-order valence-electron chi connectivity index (χ2n) is 5.84. The average Bonchev–Trinajstić information content (AvgIpc) is 3.22. The number of halogens is 1. The highest BCUT2D eigenvalue weighted by molar-refractivity contribution is 7.15. The molecule has 0 saturated heterocycles. The van der Waals surface area contributed by atoms with Crippen LogP contribution in [0.15, 0.2) is 50.4 Å². The lowest BCUT2D eigenvalue weighted by atomic mass is 10.2. The summed E-state index contributed by atoms with van der Waals surface area (Å²) >= 11 is 6.98. The van der Waals surface area contributed by atoms with Crippen molar-refractivity contribution in [1.29, 1.82) is 0 Å². The molecule has 0 aliphatic carbocycles. The van der Waals surface area contributed by atoms with Crippen molar-refractivity contribution in [1.82, 2.24) is 14.6 Å². The Morgan fingerprint density at radius 1 is 1.21 bits per heavy atom. The van der Waals surface area contributed by atoms with E-state index in [4.69, 9.17) is 25.9 Å². The highest BCUT2D eigenvalue weighted by atomic mass is 35.5. The van der Waals surface area contributed by atoms with Gasteiger partial charge in [0.2, 0.25) is 4.96 Å². The predicted molar refractivity (Wildman–Crippen MR) is 109 cm³/mol. The number of rotatable bonds is 2. The molecule has 1 aromatic carbocycles. The Morgan fingerprint density at radius 2 is 1.86 bits per heavy atom. The van der Waals surface area contributed by atoms with Crippen molar-refractivity contribution in [2.24, 2.45) is 0 Å². The van der Waals surface area contributed by atoms with E-state index in [0.717, 1.165) is 28.3 Å². The molecule has 0 aliphatic heterocycles. The number of carboxylic acid groups (broad SMARTS) is 1. The van der Waals surface area contributed by atoms with Crippen LogP contribution in [0.1, 0.15) is 18.4 Å². The second kappa shape index (κ2) is 8.38. The molecule has 4 aromatic rings. The molecular weight excluding hydrogens is 418 g/mol. The summed E-state index contributed by atoms with van der Waals surface area (Å²) in [6.07, 6.45) is 1.61. The average molecular weight is 432 g/mol. The van der Waals surface area contributed by atoms with Crippen LogP contribution in [0.3, 0.4) is 0 Å². The molecule has 0 bridgehead atoms. The van der Waals surface area contributed by atoms with Gasteiger partial charge in [-0.1, -0.05) is 22.9 Å². The highest BCUT2D eigenvalue weighted by Gasteiger charge is 2.09.